The maximum absolute atomic E-state index is 12.8. The molecule has 1 nitrogen and oxygen atoms in total. The van der Waals surface area contributed by atoms with Crippen molar-refractivity contribution in [3.8, 4) is 23.5 Å². The van der Waals surface area contributed by atoms with Crippen LogP contribution in [0, 0.1) is 18.2 Å². The van der Waals surface area contributed by atoms with E-state index in [4.69, 9.17) is 6.42 Å². The molecule has 0 amide bonds. The van der Waals surface area contributed by atoms with Crippen LogP contribution in [0.25, 0.3) is 11.1 Å². The summed E-state index contributed by atoms with van der Waals surface area (Å²) in [7, 11) is 0. The molecular formula is C16H13FIMgO+2. The molecule has 0 aliphatic rings. The number of benzene rings is 2. The molecule has 0 aliphatic carbocycles. The van der Waals surface area contributed by atoms with Gasteiger partial charge in [-0.15, -0.1) is 6.42 Å². The van der Waals surface area contributed by atoms with Crippen LogP contribution < -0.4 is 0 Å². The van der Waals surface area contributed by atoms with Crippen LogP contribution in [0.5, 0.6) is 0 Å². The molecule has 97 valence electrons. The largest absolute Gasteiger partial charge is 1.49 e. The Morgan fingerprint density at radius 1 is 1.05 bits per heavy atom. The Balaban J connectivity index is 0.000000956. The van der Waals surface area contributed by atoms with Crippen LogP contribution in [0.15, 0.2) is 48.5 Å². The van der Waals surface area contributed by atoms with Crippen LogP contribution in [0.2, 0.25) is 0 Å². The van der Waals surface area contributed by atoms with Crippen molar-refractivity contribution in [1.29, 1.82) is 0 Å². The Morgan fingerprint density at radius 2 is 1.45 bits per heavy atom. The van der Waals surface area contributed by atoms with E-state index in [1.165, 1.54) is 12.1 Å². The lowest BCUT2D eigenvalue weighted by molar-refractivity contribution is 0.122. The Kier molecular flexibility index (Phi) is 6.96. The zero-order chi connectivity index (χ0) is 15.2. The predicted octanol–water partition coefficient (Wildman–Crippen LogP) is 3.84. The summed E-state index contributed by atoms with van der Waals surface area (Å²) in [6, 6.07) is 13.5. The fraction of sp³-hybridized carbons (Fsp3) is 0.125. The van der Waals surface area contributed by atoms with Crippen LogP contribution in [0.4, 0.5) is 4.39 Å². The topological polar surface area (TPSA) is 20.2 Å². The summed E-state index contributed by atoms with van der Waals surface area (Å²) < 4.78 is 12.8. The zero-order valence-electron chi connectivity index (χ0n) is 11.1. The molecule has 0 bridgehead atoms. The molecule has 0 saturated heterocycles. The highest BCUT2D eigenvalue weighted by Gasteiger charge is 2.18. The third kappa shape index (κ3) is 4.45. The fourth-order valence-corrected chi connectivity index (χ4v) is 1.71. The number of hydrogen-bond donors (Lipinski definition) is 1. The summed E-state index contributed by atoms with van der Waals surface area (Å²) in [6.07, 6.45) is 5.26. The molecule has 0 saturated carbocycles. The van der Waals surface area contributed by atoms with E-state index in [9.17, 15) is 9.50 Å². The molecular weight excluding hydrogens is 378 g/mol. The second kappa shape index (κ2) is 7.98. The van der Waals surface area contributed by atoms with Crippen molar-refractivity contribution in [3.63, 3.8) is 0 Å². The van der Waals surface area contributed by atoms with E-state index < -0.39 is 5.60 Å². The normalized spacial score (nSPS) is 12.6. The molecule has 0 fully saturated rings. The van der Waals surface area contributed by atoms with E-state index in [2.05, 4.69) is 24.8 Å². The van der Waals surface area contributed by atoms with Crippen molar-refractivity contribution in [2.24, 2.45) is 0 Å². The number of terminal acetylenes is 1. The molecule has 2 aromatic rings. The van der Waals surface area contributed by atoms with Gasteiger partial charge in [-0.1, -0.05) is 42.3 Å². The molecule has 4 heteroatoms. The van der Waals surface area contributed by atoms with Gasteiger partial charge in [-0.3, -0.25) is 0 Å². The second-order valence-electron chi connectivity index (χ2n) is 4.30. The Labute approximate surface area is 141 Å². The first-order chi connectivity index (χ1) is 9.53. The SMILES string of the molecule is C#CC(C)(O)c1ccc(-c2ccc(F)cc2)cc1.[Mg+2][I]. The molecule has 0 heterocycles. The molecule has 1 N–H and O–H groups in total. The summed E-state index contributed by atoms with van der Waals surface area (Å²) in [5.74, 6) is 2.07. The van der Waals surface area contributed by atoms with Gasteiger partial charge in [-0.25, -0.2) is 4.39 Å². The van der Waals surface area contributed by atoms with Crippen molar-refractivity contribution in [1.82, 2.24) is 0 Å². The standard InChI is InChI=1S/C16H13FO.HI.Mg/c1-3-16(2,18)14-8-4-12(5-9-14)13-6-10-15(17)11-7-13;;/h1,4-11,18H,2H3;1H;/q;;+3/p-1. The minimum absolute atomic E-state index is 0.259. The minimum Gasteiger partial charge on any atom is -0.374 e. The highest BCUT2D eigenvalue weighted by atomic mass is 127. The van der Waals surface area contributed by atoms with Crippen LogP contribution >= 0.6 is 18.9 Å². The van der Waals surface area contributed by atoms with Gasteiger partial charge in [0.1, 0.15) is 11.4 Å². The summed E-state index contributed by atoms with van der Waals surface area (Å²) >= 11 is 4.01. The first-order valence-electron chi connectivity index (χ1n) is 5.86. The van der Waals surface area contributed by atoms with E-state index >= 15 is 0 Å². The Hall–Kier alpha value is -0.614. The molecule has 0 spiro atoms. The molecule has 7 radical (unpaired) electrons. The van der Waals surface area contributed by atoms with Crippen LogP contribution in [-0.4, -0.2) is 22.9 Å². The summed E-state index contributed by atoms with van der Waals surface area (Å²) in [5, 5.41) is 9.91. The van der Waals surface area contributed by atoms with E-state index in [0.29, 0.717) is 5.56 Å². The molecule has 2 rings (SSSR count). The molecule has 1 atom stereocenters. The van der Waals surface area contributed by atoms with Gasteiger partial charge >= 0.3 is 36.7 Å². The monoisotopic (exact) mass is 391 g/mol. The first kappa shape index (κ1) is 17.4. The van der Waals surface area contributed by atoms with Crippen molar-refractivity contribution in [2.45, 2.75) is 12.5 Å². The van der Waals surface area contributed by atoms with E-state index in [1.54, 1.807) is 31.2 Å². The van der Waals surface area contributed by atoms with Gasteiger partial charge in [0.2, 0.25) is 0 Å². The van der Waals surface area contributed by atoms with Gasteiger partial charge < -0.3 is 5.11 Å². The summed E-state index contributed by atoms with van der Waals surface area (Å²) in [6.45, 7) is 1.57. The van der Waals surface area contributed by atoms with Gasteiger partial charge in [0.25, 0.3) is 0 Å². The molecule has 1 unspecified atom stereocenters. The highest BCUT2D eigenvalue weighted by molar-refractivity contribution is 14.1. The summed E-state index contributed by atoms with van der Waals surface area (Å²) in [4.78, 5) is 0. The van der Waals surface area contributed by atoms with E-state index in [1.807, 2.05) is 30.0 Å². The second-order valence-corrected chi connectivity index (χ2v) is 4.30. The maximum Gasteiger partial charge on any atom is 1.49 e. The Morgan fingerprint density at radius 3 is 1.85 bits per heavy atom. The maximum atomic E-state index is 12.8. The molecule has 20 heavy (non-hydrogen) atoms. The number of halogens is 2. The predicted molar refractivity (Wildman–Crippen MR) is 90.0 cm³/mol. The lowest BCUT2D eigenvalue weighted by Gasteiger charge is -2.16. The summed E-state index contributed by atoms with van der Waals surface area (Å²) in [5.41, 5.74) is 1.27. The van der Waals surface area contributed by atoms with E-state index in [0.717, 1.165) is 11.1 Å². The van der Waals surface area contributed by atoms with Gasteiger partial charge in [0, 0.05) is 0 Å². The van der Waals surface area contributed by atoms with Gasteiger partial charge in [0.15, 0.2) is 0 Å². The average molecular weight is 391 g/mol. The van der Waals surface area contributed by atoms with E-state index in [-0.39, 0.29) is 5.82 Å². The van der Waals surface area contributed by atoms with Crippen molar-refractivity contribution >= 4 is 36.7 Å². The van der Waals surface area contributed by atoms with Gasteiger partial charge in [0.05, 0.1) is 0 Å². The fourth-order valence-electron chi connectivity index (χ4n) is 1.71. The smallest absolute Gasteiger partial charge is 0.374 e. The van der Waals surface area contributed by atoms with Gasteiger partial charge in [-0.05, 0) is 35.7 Å². The first-order valence-corrected chi connectivity index (χ1v) is 11.0. The zero-order valence-corrected chi connectivity index (χ0v) is 14.7. The van der Waals surface area contributed by atoms with Gasteiger partial charge in [-0.2, -0.15) is 0 Å². The quantitative estimate of drug-likeness (QED) is 0.469. The van der Waals surface area contributed by atoms with Crippen LogP contribution in [0.1, 0.15) is 12.5 Å². The third-order valence-electron chi connectivity index (χ3n) is 2.91. The van der Waals surface area contributed by atoms with Crippen LogP contribution in [0.3, 0.4) is 0 Å². The number of rotatable bonds is 2. The Bertz CT molecular complexity index is 585. The highest BCUT2D eigenvalue weighted by Crippen LogP contribution is 2.24. The van der Waals surface area contributed by atoms with Crippen molar-refractivity contribution < 1.29 is 9.50 Å². The van der Waals surface area contributed by atoms with Crippen LogP contribution in [-0.2, 0) is 5.60 Å². The number of aliphatic hydroxyl groups is 1. The van der Waals surface area contributed by atoms with Crippen molar-refractivity contribution in [3.05, 3.63) is 59.9 Å². The molecule has 2 aromatic carbocycles. The molecule has 0 aromatic heterocycles. The van der Waals surface area contributed by atoms with Crippen molar-refractivity contribution in [2.75, 3.05) is 0 Å². The lowest BCUT2D eigenvalue weighted by atomic mass is 9.94. The number of hydrogen-bond acceptors (Lipinski definition) is 1. The third-order valence-corrected chi connectivity index (χ3v) is 2.91. The molecule has 0 aliphatic heterocycles. The lowest BCUT2D eigenvalue weighted by Crippen LogP contribution is -2.17. The average Bonchev–Trinajstić information content (AvgIpc) is 2.50. The minimum atomic E-state index is -1.26.